The summed E-state index contributed by atoms with van der Waals surface area (Å²) in [6, 6.07) is 3.97. The minimum absolute atomic E-state index is 0.162. The molecular formula is C10H13N. The minimum Gasteiger partial charge on any atom is -0.352 e. The van der Waals surface area contributed by atoms with Gasteiger partial charge in [-0.05, 0) is 12.1 Å². The lowest BCUT2D eigenvalue weighted by atomic mass is 9.93. The third-order valence-corrected chi connectivity index (χ3v) is 1.65. The van der Waals surface area contributed by atoms with Crippen molar-refractivity contribution in [1.29, 1.82) is 0 Å². The highest BCUT2D eigenvalue weighted by atomic mass is 14.7. The zero-order chi connectivity index (χ0) is 8.48. The van der Waals surface area contributed by atoms with Crippen LogP contribution in [0.5, 0.6) is 0 Å². The fourth-order valence-corrected chi connectivity index (χ4v) is 0.917. The number of rotatable bonds is 0. The molecule has 11 heavy (non-hydrogen) atoms. The molecule has 0 amide bonds. The van der Waals surface area contributed by atoms with Crippen molar-refractivity contribution in [2.24, 2.45) is 0 Å². The fourth-order valence-electron chi connectivity index (χ4n) is 0.917. The van der Waals surface area contributed by atoms with Gasteiger partial charge in [0.1, 0.15) is 0 Å². The summed E-state index contributed by atoms with van der Waals surface area (Å²) in [7, 11) is 0. The molecule has 0 fully saturated rings. The van der Waals surface area contributed by atoms with Crippen LogP contribution in [0.4, 0.5) is 0 Å². The van der Waals surface area contributed by atoms with Gasteiger partial charge in [0.2, 0.25) is 0 Å². The molecule has 1 rings (SSSR count). The Morgan fingerprint density at radius 1 is 1.36 bits per heavy atom. The van der Waals surface area contributed by atoms with E-state index >= 15 is 0 Å². The molecule has 0 atom stereocenters. The van der Waals surface area contributed by atoms with E-state index in [2.05, 4.69) is 31.7 Å². The van der Waals surface area contributed by atoms with Crippen LogP contribution >= 0.6 is 0 Å². The summed E-state index contributed by atoms with van der Waals surface area (Å²) in [5.41, 5.74) is 2.20. The van der Waals surface area contributed by atoms with E-state index in [0.717, 1.165) is 5.69 Å². The van der Waals surface area contributed by atoms with E-state index in [-0.39, 0.29) is 5.41 Å². The molecule has 1 N–H and O–H groups in total. The largest absolute Gasteiger partial charge is 0.352 e. The molecule has 0 aliphatic carbocycles. The summed E-state index contributed by atoms with van der Waals surface area (Å²) >= 11 is 0. The Kier molecular flexibility index (Phi) is 1.78. The van der Waals surface area contributed by atoms with Crippen molar-refractivity contribution in [1.82, 2.24) is 4.98 Å². The number of H-pyrrole nitrogens is 1. The highest BCUT2D eigenvalue weighted by Gasteiger charge is 2.14. The van der Waals surface area contributed by atoms with Gasteiger partial charge >= 0.3 is 0 Å². The Morgan fingerprint density at radius 3 is 2.27 bits per heavy atom. The molecule has 0 aliphatic rings. The zero-order valence-corrected chi connectivity index (χ0v) is 7.23. The first-order valence-electron chi connectivity index (χ1n) is 3.70. The van der Waals surface area contributed by atoms with Crippen LogP contribution in [-0.2, 0) is 5.41 Å². The van der Waals surface area contributed by atoms with Crippen LogP contribution in [0.15, 0.2) is 12.1 Å². The molecule has 0 unspecified atom stereocenters. The molecule has 0 radical (unpaired) electrons. The van der Waals surface area contributed by atoms with Gasteiger partial charge in [-0.2, -0.15) is 0 Å². The first-order valence-corrected chi connectivity index (χ1v) is 3.70. The van der Waals surface area contributed by atoms with Crippen molar-refractivity contribution in [3.63, 3.8) is 0 Å². The standard InChI is InChI=1S/C10H13N/c1-5-8-6-7-9(11-8)10(2,3)4/h1,6-7,11H,2-4H3. The van der Waals surface area contributed by atoms with Crippen molar-refractivity contribution in [2.45, 2.75) is 26.2 Å². The summed E-state index contributed by atoms with van der Waals surface area (Å²) in [6.07, 6.45) is 5.23. The van der Waals surface area contributed by atoms with Crippen LogP contribution in [0, 0.1) is 12.3 Å². The van der Waals surface area contributed by atoms with Crippen molar-refractivity contribution in [3.8, 4) is 12.3 Å². The third kappa shape index (κ3) is 1.65. The second kappa shape index (κ2) is 2.47. The van der Waals surface area contributed by atoms with E-state index in [1.54, 1.807) is 0 Å². The van der Waals surface area contributed by atoms with E-state index in [4.69, 9.17) is 6.42 Å². The van der Waals surface area contributed by atoms with Gasteiger partial charge < -0.3 is 4.98 Å². The van der Waals surface area contributed by atoms with E-state index in [1.807, 2.05) is 12.1 Å². The van der Waals surface area contributed by atoms with Crippen LogP contribution < -0.4 is 0 Å². The molecule has 1 heterocycles. The quantitative estimate of drug-likeness (QED) is 0.542. The molecule has 1 aromatic rings. The number of nitrogens with one attached hydrogen (secondary N) is 1. The van der Waals surface area contributed by atoms with Crippen LogP contribution in [0.2, 0.25) is 0 Å². The van der Waals surface area contributed by atoms with Gasteiger partial charge in [0.25, 0.3) is 0 Å². The average Bonchev–Trinajstić information content (AvgIpc) is 2.32. The van der Waals surface area contributed by atoms with Crippen LogP contribution in [0.25, 0.3) is 0 Å². The molecule has 0 spiro atoms. The van der Waals surface area contributed by atoms with Gasteiger partial charge in [0.15, 0.2) is 0 Å². The highest BCUT2D eigenvalue weighted by Crippen LogP contribution is 2.20. The molecule has 0 aromatic carbocycles. The van der Waals surface area contributed by atoms with E-state index in [9.17, 15) is 0 Å². The molecule has 0 saturated heterocycles. The topological polar surface area (TPSA) is 15.8 Å². The maximum Gasteiger partial charge on any atom is 0.0893 e. The molecular weight excluding hydrogens is 134 g/mol. The van der Waals surface area contributed by atoms with Gasteiger partial charge in [-0.3, -0.25) is 0 Å². The number of hydrogen-bond acceptors (Lipinski definition) is 0. The maximum atomic E-state index is 5.23. The lowest BCUT2D eigenvalue weighted by molar-refractivity contribution is 0.572. The molecule has 0 bridgehead atoms. The van der Waals surface area contributed by atoms with Crippen molar-refractivity contribution >= 4 is 0 Å². The molecule has 0 aliphatic heterocycles. The second-order valence-corrected chi connectivity index (χ2v) is 3.68. The number of aromatic nitrogens is 1. The molecule has 0 saturated carbocycles. The minimum atomic E-state index is 0.162. The Hall–Kier alpha value is -1.16. The van der Waals surface area contributed by atoms with Gasteiger partial charge in [-0.25, -0.2) is 0 Å². The normalized spacial score (nSPS) is 11.1. The SMILES string of the molecule is C#Cc1ccc(C(C)(C)C)[nH]1. The highest BCUT2D eigenvalue weighted by molar-refractivity contribution is 5.29. The van der Waals surface area contributed by atoms with Gasteiger partial charge in [-0.15, -0.1) is 6.42 Å². The Bertz CT molecular complexity index is 281. The summed E-state index contributed by atoms with van der Waals surface area (Å²) in [4.78, 5) is 3.17. The summed E-state index contributed by atoms with van der Waals surface area (Å²) in [5.74, 6) is 2.56. The lowest BCUT2D eigenvalue weighted by Crippen LogP contribution is -2.11. The average molecular weight is 147 g/mol. The van der Waals surface area contributed by atoms with Crippen molar-refractivity contribution in [2.75, 3.05) is 0 Å². The Balaban J connectivity index is 3.01. The maximum absolute atomic E-state index is 5.23. The predicted molar refractivity (Wildman–Crippen MR) is 47.4 cm³/mol. The van der Waals surface area contributed by atoms with E-state index in [0.29, 0.717) is 0 Å². The summed E-state index contributed by atoms with van der Waals surface area (Å²) < 4.78 is 0. The molecule has 1 aromatic heterocycles. The lowest BCUT2D eigenvalue weighted by Gasteiger charge is -2.15. The molecule has 1 heteroatoms. The summed E-state index contributed by atoms with van der Waals surface area (Å²) in [5, 5.41) is 0. The van der Waals surface area contributed by atoms with Crippen molar-refractivity contribution in [3.05, 3.63) is 23.5 Å². The van der Waals surface area contributed by atoms with Crippen LogP contribution in [0.3, 0.4) is 0 Å². The summed E-state index contributed by atoms with van der Waals surface area (Å²) in [6.45, 7) is 6.46. The van der Waals surface area contributed by atoms with Crippen LogP contribution in [-0.4, -0.2) is 4.98 Å². The predicted octanol–water partition coefficient (Wildman–Crippen LogP) is 2.29. The van der Waals surface area contributed by atoms with Gasteiger partial charge in [-0.1, -0.05) is 26.7 Å². The number of terminal acetylenes is 1. The monoisotopic (exact) mass is 147 g/mol. The zero-order valence-electron chi connectivity index (χ0n) is 7.23. The first kappa shape index (κ1) is 7.94. The first-order chi connectivity index (χ1) is 5.04. The van der Waals surface area contributed by atoms with Crippen LogP contribution in [0.1, 0.15) is 32.2 Å². The Morgan fingerprint density at radius 2 is 2.00 bits per heavy atom. The molecule has 58 valence electrons. The van der Waals surface area contributed by atoms with Crippen molar-refractivity contribution < 1.29 is 0 Å². The fraction of sp³-hybridized carbons (Fsp3) is 0.400. The smallest absolute Gasteiger partial charge is 0.0893 e. The number of aromatic amines is 1. The molecule has 1 nitrogen and oxygen atoms in total. The van der Waals surface area contributed by atoms with E-state index < -0.39 is 0 Å². The Labute approximate surface area is 67.8 Å². The van der Waals surface area contributed by atoms with E-state index in [1.165, 1.54) is 5.69 Å². The van der Waals surface area contributed by atoms with Gasteiger partial charge in [0.05, 0.1) is 5.69 Å². The third-order valence-electron chi connectivity index (χ3n) is 1.65. The number of hydrogen-bond donors (Lipinski definition) is 1. The van der Waals surface area contributed by atoms with Gasteiger partial charge in [0, 0.05) is 11.1 Å². The second-order valence-electron chi connectivity index (χ2n) is 3.68.